The van der Waals surface area contributed by atoms with Crippen molar-refractivity contribution < 1.29 is 4.42 Å². The summed E-state index contributed by atoms with van der Waals surface area (Å²) in [4.78, 5) is 0. The highest BCUT2D eigenvalue weighted by Crippen LogP contribution is 2.27. The molecule has 1 aromatic rings. The lowest BCUT2D eigenvalue weighted by atomic mass is 9.95. The molecule has 1 heterocycles. The molecule has 16 heavy (non-hydrogen) atoms. The molecule has 1 N–H and O–H groups in total. The predicted octanol–water partition coefficient (Wildman–Crippen LogP) is 3.65. The molecule has 0 amide bonds. The number of hydrogen-bond donors (Lipinski definition) is 1. The van der Waals surface area contributed by atoms with Crippen LogP contribution in [0.1, 0.15) is 31.4 Å². The molecule has 90 valence electrons. The van der Waals surface area contributed by atoms with E-state index < -0.39 is 0 Å². The zero-order valence-electron chi connectivity index (χ0n) is 9.54. The minimum atomic E-state index is 0.659. The van der Waals surface area contributed by atoms with Crippen LogP contribution in [0.4, 0.5) is 0 Å². The van der Waals surface area contributed by atoms with Gasteiger partial charge in [-0.25, -0.2) is 0 Å². The van der Waals surface area contributed by atoms with Crippen molar-refractivity contribution in [3.8, 4) is 0 Å². The lowest BCUT2D eigenvalue weighted by molar-refractivity contribution is 0.363. The van der Waals surface area contributed by atoms with Crippen molar-refractivity contribution in [1.82, 2.24) is 5.32 Å². The number of thioether (sulfide) groups is 1. The molecule has 1 saturated carbocycles. The highest BCUT2D eigenvalue weighted by Gasteiger charge is 2.23. The Morgan fingerprint density at radius 1 is 1.44 bits per heavy atom. The Bertz CT molecular complexity index is 329. The zero-order chi connectivity index (χ0) is 11.4. The summed E-state index contributed by atoms with van der Waals surface area (Å²) < 4.78 is 6.53. The monoisotopic (exact) mass is 351 g/mol. The lowest BCUT2D eigenvalue weighted by Gasteiger charge is -2.30. The van der Waals surface area contributed by atoms with Gasteiger partial charge in [-0.3, -0.25) is 0 Å². The third kappa shape index (κ3) is 3.40. The van der Waals surface area contributed by atoms with Crippen molar-refractivity contribution in [1.29, 1.82) is 0 Å². The first kappa shape index (κ1) is 12.8. The molecule has 1 aliphatic rings. The SMILES string of the molecule is CSC1CCCCC1NCc1ccc(I)o1. The standard InChI is InChI=1S/C12H18INOS/c1-16-11-5-3-2-4-10(11)14-8-9-6-7-12(13)15-9/h6-7,10-11,14H,2-5,8H2,1H3. The van der Waals surface area contributed by atoms with E-state index in [0.29, 0.717) is 6.04 Å². The van der Waals surface area contributed by atoms with Gasteiger partial charge in [-0.05, 0) is 53.8 Å². The molecule has 2 atom stereocenters. The second-order valence-electron chi connectivity index (χ2n) is 4.25. The number of nitrogens with one attached hydrogen (secondary N) is 1. The van der Waals surface area contributed by atoms with Crippen LogP contribution >= 0.6 is 34.4 Å². The fourth-order valence-corrected chi connectivity index (χ4v) is 3.72. The molecular formula is C12H18INOS. The summed E-state index contributed by atoms with van der Waals surface area (Å²) in [6.45, 7) is 0.866. The van der Waals surface area contributed by atoms with Gasteiger partial charge in [-0.1, -0.05) is 12.8 Å². The lowest BCUT2D eigenvalue weighted by Crippen LogP contribution is -2.39. The highest BCUT2D eigenvalue weighted by molar-refractivity contribution is 14.1. The van der Waals surface area contributed by atoms with Crippen LogP contribution in [0.2, 0.25) is 0 Å². The molecule has 2 nitrogen and oxygen atoms in total. The number of halogens is 1. The van der Waals surface area contributed by atoms with Gasteiger partial charge in [-0.15, -0.1) is 0 Å². The van der Waals surface area contributed by atoms with E-state index >= 15 is 0 Å². The largest absolute Gasteiger partial charge is 0.454 e. The Hall–Kier alpha value is 0.320. The molecule has 0 spiro atoms. The van der Waals surface area contributed by atoms with Crippen molar-refractivity contribution in [3.05, 3.63) is 21.7 Å². The number of hydrogen-bond acceptors (Lipinski definition) is 3. The highest BCUT2D eigenvalue weighted by atomic mass is 127. The Morgan fingerprint density at radius 3 is 2.94 bits per heavy atom. The van der Waals surface area contributed by atoms with Gasteiger partial charge >= 0.3 is 0 Å². The first-order valence-electron chi connectivity index (χ1n) is 5.80. The van der Waals surface area contributed by atoms with Gasteiger partial charge in [0.05, 0.1) is 6.54 Å². The van der Waals surface area contributed by atoms with Crippen molar-refractivity contribution in [2.75, 3.05) is 6.26 Å². The van der Waals surface area contributed by atoms with Gasteiger partial charge in [-0.2, -0.15) is 11.8 Å². The Morgan fingerprint density at radius 2 is 2.25 bits per heavy atom. The Labute approximate surface area is 115 Å². The van der Waals surface area contributed by atoms with Crippen molar-refractivity contribution in [2.24, 2.45) is 0 Å². The van der Waals surface area contributed by atoms with Gasteiger partial charge in [0, 0.05) is 11.3 Å². The summed E-state index contributed by atoms with van der Waals surface area (Å²) in [5, 5.41) is 4.41. The van der Waals surface area contributed by atoms with Crippen LogP contribution in [-0.4, -0.2) is 17.5 Å². The van der Waals surface area contributed by atoms with E-state index in [-0.39, 0.29) is 0 Å². The fourth-order valence-electron chi connectivity index (χ4n) is 2.29. The van der Waals surface area contributed by atoms with E-state index in [4.69, 9.17) is 4.42 Å². The maximum atomic E-state index is 5.56. The molecule has 1 fully saturated rings. The third-order valence-electron chi connectivity index (χ3n) is 3.17. The van der Waals surface area contributed by atoms with Gasteiger partial charge in [0.15, 0.2) is 3.77 Å². The molecule has 2 rings (SSSR count). The molecule has 0 bridgehead atoms. The molecular weight excluding hydrogens is 333 g/mol. The molecule has 4 heteroatoms. The van der Waals surface area contributed by atoms with Crippen LogP contribution in [0, 0.1) is 3.77 Å². The van der Waals surface area contributed by atoms with Crippen LogP contribution in [-0.2, 0) is 6.54 Å². The third-order valence-corrected chi connectivity index (χ3v) is 4.92. The number of rotatable bonds is 4. The van der Waals surface area contributed by atoms with E-state index in [9.17, 15) is 0 Å². The normalized spacial score (nSPS) is 25.9. The predicted molar refractivity (Wildman–Crippen MR) is 77.8 cm³/mol. The van der Waals surface area contributed by atoms with Gasteiger partial charge in [0.1, 0.15) is 5.76 Å². The number of furan rings is 1. The summed E-state index contributed by atoms with van der Waals surface area (Å²) in [6, 6.07) is 4.74. The average Bonchev–Trinajstić information content (AvgIpc) is 2.73. The molecule has 1 aliphatic carbocycles. The molecule has 0 saturated heterocycles. The molecule has 2 unspecified atom stereocenters. The van der Waals surface area contributed by atoms with E-state index in [0.717, 1.165) is 21.3 Å². The maximum absolute atomic E-state index is 5.56. The minimum Gasteiger partial charge on any atom is -0.454 e. The van der Waals surface area contributed by atoms with Crippen LogP contribution in [0.5, 0.6) is 0 Å². The molecule has 0 aromatic carbocycles. The molecule has 0 radical (unpaired) electrons. The smallest absolute Gasteiger partial charge is 0.164 e. The quantitative estimate of drug-likeness (QED) is 0.839. The van der Waals surface area contributed by atoms with E-state index in [1.165, 1.54) is 25.7 Å². The summed E-state index contributed by atoms with van der Waals surface area (Å²) in [7, 11) is 0. The van der Waals surface area contributed by atoms with E-state index in [1.54, 1.807) is 0 Å². The maximum Gasteiger partial charge on any atom is 0.164 e. The van der Waals surface area contributed by atoms with Gasteiger partial charge in [0.2, 0.25) is 0 Å². The van der Waals surface area contributed by atoms with Crippen molar-refractivity contribution in [3.63, 3.8) is 0 Å². The summed E-state index contributed by atoms with van der Waals surface area (Å²) >= 11 is 4.21. The van der Waals surface area contributed by atoms with Gasteiger partial charge < -0.3 is 9.73 Å². The van der Waals surface area contributed by atoms with Crippen molar-refractivity contribution >= 4 is 34.4 Å². The zero-order valence-corrected chi connectivity index (χ0v) is 12.5. The fraction of sp³-hybridized carbons (Fsp3) is 0.667. The van der Waals surface area contributed by atoms with E-state index in [1.807, 2.05) is 17.8 Å². The Balaban J connectivity index is 1.84. The first-order chi connectivity index (χ1) is 7.79. The Kier molecular flexibility index (Phi) is 5.03. The summed E-state index contributed by atoms with van der Waals surface area (Å²) in [5.74, 6) is 1.05. The average molecular weight is 351 g/mol. The molecule has 1 aromatic heterocycles. The van der Waals surface area contributed by atoms with Crippen molar-refractivity contribution in [2.45, 2.75) is 43.5 Å². The van der Waals surface area contributed by atoms with Crippen LogP contribution in [0.15, 0.2) is 16.5 Å². The van der Waals surface area contributed by atoms with Crippen LogP contribution in [0.3, 0.4) is 0 Å². The second-order valence-corrected chi connectivity index (χ2v) is 6.39. The van der Waals surface area contributed by atoms with Crippen LogP contribution < -0.4 is 5.32 Å². The summed E-state index contributed by atoms with van der Waals surface area (Å²) in [6.07, 6.45) is 7.64. The second kappa shape index (κ2) is 6.31. The summed E-state index contributed by atoms with van der Waals surface area (Å²) in [5.41, 5.74) is 0. The first-order valence-corrected chi connectivity index (χ1v) is 8.16. The van der Waals surface area contributed by atoms with Crippen LogP contribution in [0.25, 0.3) is 0 Å². The topological polar surface area (TPSA) is 25.2 Å². The van der Waals surface area contributed by atoms with Gasteiger partial charge in [0.25, 0.3) is 0 Å². The minimum absolute atomic E-state index is 0.659. The molecule has 0 aliphatic heterocycles. The van der Waals surface area contributed by atoms with E-state index in [2.05, 4.69) is 40.2 Å².